The maximum Gasteiger partial charge on any atom is 0.337 e. The second-order valence-electron chi connectivity index (χ2n) is 6.85. The van der Waals surface area contributed by atoms with E-state index in [9.17, 15) is 13.2 Å². The normalized spacial score (nSPS) is 22.5. The van der Waals surface area contributed by atoms with Crippen LogP contribution in [-0.4, -0.2) is 59.0 Å². The highest BCUT2D eigenvalue weighted by molar-refractivity contribution is 7.89. The van der Waals surface area contributed by atoms with Crippen LogP contribution in [0.15, 0.2) is 53.4 Å². The molecule has 1 aliphatic heterocycles. The predicted octanol–water partition coefficient (Wildman–Crippen LogP) is 2.28. The minimum Gasteiger partial charge on any atom is -0.497 e. The number of benzene rings is 2. The number of hydrogen-bond donors (Lipinski definition) is 0. The fourth-order valence-electron chi connectivity index (χ4n) is 3.36. The van der Waals surface area contributed by atoms with Gasteiger partial charge in [0, 0.05) is 7.11 Å². The lowest BCUT2D eigenvalue weighted by molar-refractivity contribution is -0.216. The minimum absolute atomic E-state index is 0.0864. The maximum absolute atomic E-state index is 13.6. The first-order chi connectivity index (χ1) is 14.3. The van der Waals surface area contributed by atoms with Crippen LogP contribution in [0.3, 0.4) is 0 Å². The van der Waals surface area contributed by atoms with Gasteiger partial charge in [-0.15, -0.1) is 0 Å². The molecule has 3 atom stereocenters. The topological polar surface area (TPSA) is 91.4 Å². The van der Waals surface area contributed by atoms with Crippen molar-refractivity contribution in [2.45, 2.75) is 30.3 Å². The van der Waals surface area contributed by atoms with Crippen LogP contribution in [-0.2, 0) is 29.0 Å². The summed E-state index contributed by atoms with van der Waals surface area (Å²) in [7, 11) is 0.180. The fourth-order valence-corrected chi connectivity index (χ4v) is 4.96. The molecule has 2 aromatic rings. The molecule has 0 radical (unpaired) electrons. The first-order valence-electron chi connectivity index (χ1n) is 9.30. The molecule has 0 N–H and O–H groups in total. The Bertz CT molecular complexity index is 973. The lowest BCUT2D eigenvalue weighted by atomic mass is 9.99. The zero-order valence-electron chi connectivity index (χ0n) is 17.3. The fraction of sp³-hybridized carbons (Fsp3) is 0.381. The summed E-state index contributed by atoms with van der Waals surface area (Å²) in [6, 6.07) is 12.4. The van der Waals surface area contributed by atoms with Crippen molar-refractivity contribution in [3.8, 4) is 5.75 Å². The van der Waals surface area contributed by atoms with E-state index in [0.29, 0.717) is 11.3 Å². The maximum atomic E-state index is 13.6. The van der Waals surface area contributed by atoms with Crippen molar-refractivity contribution in [2.75, 3.05) is 27.9 Å². The number of sulfonamides is 1. The van der Waals surface area contributed by atoms with E-state index in [4.69, 9.17) is 18.9 Å². The Morgan fingerprint density at radius 1 is 1.03 bits per heavy atom. The molecule has 8 nitrogen and oxygen atoms in total. The summed E-state index contributed by atoms with van der Waals surface area (Å²) in [6.07, 6.45) is -2.13. The van der Waals surface area contributed by atoms with Crippen molar-refractivity contribution in [1.82, 2.24) is 4.31 Å². The van der Waals surface area contributed by atoms with E-state index in [0.717, 1.165) is 5.56 Å². The Morgan fingerprint density at radius 2 is 1.67 bits per heavy atom. The molecular weight excluding hydrogens is 410 g/mol. The number of carbonyl (C=O) groups is 1. The number of nitrogens with zero attached hydrogens (tertiary/aromatic N) is 1. The number of esters is 1. The third kappa shape index (κ3) is 4.34. The van der Waals surface area contributed by atoms with Gasteiger partial charge in [-0.25, -0.2) is 13.2 Å². The van der Waals surface area contributed by atoms with Gasteiger partial charge in [0.2, 0.25) is 10.0 Å². The third-order valence-corrected chi connectivity index (χ3v) is 6.87. The highest BCUT2D eigenvalue weighted by atomic mass is 32.2. The van der Waals surface area contributed by atoms with Crippen LogP contribution in [0.25, 0.3) is 0 Å². The molecule has 3 rings (SSSR count). The summed E-state index contributed by atoms with van der Waals surface area (Å²) in [6.45, 7) is 1.79. The average Bonchev–Trinajstić information content (AvgIpc) is 2.78. The van der Waals surface area contributed by atoms with Crippen molar-refractivity contribution in [1.29, 1.82) is 0 Å². The second-order valence-corrected chi connectivity index (χ2v) is 8.74. The molecular formula is C21H25NO7S. The quantitative estimate of drug-likeness (QED) is 0.643. The molecule has 0 aliphatic carbocycles. The zero-order chi connectivity index (χ0) is 21.9. The number of hydrogen-bond acceptors (Lipinski definition) is 7. The molecule has 2 aromatic carbocycles. The van der Waals surface area contributed by atoms with E-state index in [1.807, 2.05) is 6.92 Å². The molecule has 0 bridgehead atoms. The lowest BCUT2D eigenvalue weighted by Gasteiger charge is -2.42. The molecule has 30 heavy (non-hydrogen) atoms. The summed E-state index contributed by atoms with van der Waals surface area (Å²) < 4.78 is 49.5. The van der Waals surface area contributed by atoms with Crippen LogP contribution in [0, 0.1) is 6.92 Å². The van der Waals surface area contributed by atoms with Gasteiger partial charge in [0.25, 0.3) is 0 Å². The van der Waals surface area contributed by atoms with E-state index in [-0.39, 0.29) is 11.4 Å². The van der Waals surface area contributed by atoms with Gasteiger partial charge >= 0.3 is 5.97 Å². The van der Waals surface area contributed by atoms with E-state index >= 15 is 0 Å². The molecule has 1 fully saturated rings. The van der Waals surface area contributed by atoms with Crippen molar-refractivity contribution < 1.29 is 32.2 Å². The summed E-state index contributed by atoms with van der Waals surface area (Å²) in [4.78, 5) is 12.7. The Morgan fingerprint density at radius 3 is 2.20 bits per heavy atom. The number of carbonyl (C=O) groups excluding carboxylic acids is 1. The summed E-state index contributed by atoms with van der Waals surface area (Å²) in [5.74, 6) is -0.0884. The van der Waals surface area contributed by atoms with Gasteiger partial charge in [0.15, 0.2) is 12.4 Å². The molecule has 1 heterocycles. The molecule has 0 aromatic heterocycles. The number of methoxy groups -OCH3 is 3. The average molecular weight is 435 g/mol. The predicted molar refractivity (Wildman–Crippen MR) is 108 cm³/mol. The first-order valence-corrected chi connectivity index (χ1v) is 10.7. The molecule has 1 saturated heterocycles. The minimum atomic E-state index is -3.98. The van der Waals surface area contributed by atoms with Gasteiger partial charge in [-0.05, 0) is 36.8 Å². The van der Waals surface area contributed by atoms with Crippen LogP contribution in [0.4, 0.5) is 0 Å². The molecule has 162 valence electrons. The van der Waals surface area contributed by atoms with Crippen molar-refractivity contribution >= 4 is 16.0 Å². The van der Waals surface area contributed by atoms with E-state index in [2.05, 4.69) is 0 Å². The van der Waals surface area contributed by atoms with Gasteiger partial charge in [0.05, 0.1) is 31.7 Å². The van der Waals surface area contributed by atoms with Crippen molar-refractivity contribution in [3.05, 3.63) is 59.7 Å². The largest absolute Gasteiger partial charge is 0.497 e. The summed E-state index contributed by atoms with van der Waals surface area (Å²) in [5.41, 5.74) is 1.50. The lowest BCUT2D eigenvalue weighted by Crippen LogP contribution is -2.55. The third-order valence-electron chi connectivity index (χ3n) is 5.01. The van der Waals surface area contributed by atoms with Gasteiger partial charge < -0.3 is 18.9 Å². The van der Waals surface area contributed by atoms with Gasteiger partial charge in [-0.3, -0.25) is 0 Å². The Hall–Kier alpha value is -2.46. The Balaban J connectivity index is 2.13. The monoisotopic (exact) mass is 435 g/mol. The molecule has 0 spiro atoms. The smallest absolute Gasteiger partial charge is 0.337 e. The van der Waals surface area contributed by atoms with E-state index < -0.39 is 34.4 Å². The molecule has 0 unspecified atom stereocenters. The number of morpholine rings is 1. The van der Waals surface area contributed by atoms with Crippen LogP contribution < -0.4 is 4.74 Å². The molecule has 0 amide bonds. The highest BCUT2D eigenvalue weighted by Gasteiger charge is 2.48. The van der Waals surface area contributed by atoms with Crippen molar-refractivity contribution in [3.63, 3.8) is 0 Å². The van der Waals surface area contributed by atoms with Crippen LogP contribution in [0.2, 0.25) is 0 Å². The first kappa shape index (κ1) is 22.2. The molecule has 1 aliphatic rings. The van der Waals surface area contributed by atoms with E-state index in [1.54, 1.807) is 48.5 Å². The summed E-state index contributed by atoms with van der Waals surface area (Å²) >= 11 is 0. The Kier molecular flexibility index (Phi) is 6.77. The van der Waals surface area contributed by atoms with Crippen LogP contribution in [0.5, 0.6) is 5.75 Å². The second kappa shape index (κ2) is 9.13. The zero-order valence-corrected chi connectivity index (χ0v) is 18.1. The number of aryl methyl sites for hydroxylation is 1. The van der Waals surface area contributed by atoms with E-state index in [1.165, 1.54) is 25.6 Å². The van der Waals surface area contributed by atoms with Crippen LogP contribution in [0.1, 0.15) is 17.2 Å². The number of ether oxygens (including phenoxy) is 4. The van der Waals surface area contributed by atoms with Crippen LogP contribution >= 0.6 is 0 Å². The highest BCUT2D eigenvalue weighted by Crippen LogP contribution is 2.37. The van der Waals surface area contributed by atoms with Gasteiger partial charge in [0.1, 0.15) is 5.75 Å². The van der Waals surface area contributed by atoms with Gasteiger partial charge in [-0.1, -0.05) is 29.8 Å². The van der Waals surface area contributed by atoms with Crippen molar-refractivity contribution in [2.24, 2.45) is 0 Å². The molecule has 9 heteroatoms. The molecule has 0 saturated carbocycles. The summed E-state index contributed by atoms with van der Waals surface area (Å²) in [5, 5.41) is 0. The SMILES string of the molecule is COC(=O)[C@@H]1O[C@H](OC)CN(S(=O)(=O)c2ccc(C)cc2)[C@@H]1c1ccc(OC)cc1. The standard InChI is InChI=1S/C21H25NO7S/c1-14-5-11-17(12-6-14)30(24,25)22-13-18(27-3)29-20(21(23)28-4)19(22)15-7-9-16(26-2)10-8-15/h5-12,18-20H,13H2,1-4H3/t18-,19+,20+/m0/s1. The van der Waals surface area contributed by atoms with Gasteiger partial charge in [-0.2, -0.15) is 4.31 Å². The Labute approximate surface area is 176 Å². The number of rotatable bonds is 6.